The van der Waals surface area contributed by atoms with Crippen molar-refractivity contribution in [1.82, 2.24) is 0 Å². The monoisotopic (exact) mass is 500 g/mol. The largest absolute Gasteiger partial charge is 1.00 e. The van der Waals surface area contributed by atoms with Crippen LogP contribution in [0.4, 0.5) is 0 Å². The molecule has 178 valence electrons. The van der Waals surface area contributed by atoms with E-state index < -0.39 is 20.8 Å². The maximum absolute atomic E-state index is 12.0. The van der Waals surface area contributed by atoms with Crippen molar-refractivity contribution in [1.29, 1.82) is 0 Å². The van der Waals surface area contributed by atoms with Crippen molar-refractivity contribution < 1.29 is 74.2 Å². The Bertz CT molecular complexity index is 900. The van der Waals surface area contributed by atoms with E-state index in [4.69, 9.17) is 4.74 Å². The van der Waals surface area contributed by atoms with Gasteiger partial charge >= 0.3 is 51.4 Å². The van der Waals surface area contributed by atoms with E-state index in [1.807, 2.05) is 6.07 Å². The summed E-state index contributed by atoms with van der Waals surface area (Å²) in [5.74, 6) is 0.0420. The Morgan fingerprint density at radius 1 is 0.818 bits per heavy atom. The van der Waals surface area contributed by atoms with Crippen LogP contribution in [-0.2, 0) is 16.5 Å². The van der Waals surface area contributed by atoms with Gasteiger partial charge in [0.05, 0.1) is 0 Å². The number of ether oxygens (including phenoxy) is 1. The van der Waals surface area contributed by atoms with Gasteiger partial charge in [-0.3, -0.25) is 4.55 Å². The van der Waals surface area contributed by atoms with Crippen molar-refractivity contribution >= 4 is 10.1 Å². The van der Waals surface area contributed by atoms with Gasteiger partial charge in [0.2, 0.25) is 0 Å². The molecular formula is C26H37KO5S. The molecule has 0 saturated heterocycles. The molecule has 1 N–H and O–H groups in total. The molecule has 0 saturated carbocycles. The Hall–Kier alpha value is -0.414. The van der Waals surface area contributed by atoms with Gasteiger partial charge in [-0.25, -0.2) is 0 Å². The van der Waals surface area contributed by atoms with Crippen LogP contribution in [0.2, 0.25) is 0 Å². The summed E-state index contributed by atoms with van der Waals surface area (Å²) in [6, 6.07) is 11.1. The average Bonchev–Trinajstić information content (AvgIpc) is 2.76. The summed E-state index contributed by atoms with van der Waals surface area (Å²) in [7, 11) is -4.58. The van der Waals surface area contributed by atoms with Crippen LogP contribution in [-0.4, -0.2) is 13.0 Å². The van der Waals surface area contributed by atoms with Gasteiger partial charge in [0, 0.05) is 0 Å². The van der Waals surface area contributed by atoms with Crippen LogP contribution in [0.3, 0.4) is 0 Å². The average molecular weight is 501 g/mol. The summed E-state index contributed by atoms with van der Waals surface area (Å²) in [5, 5.41) is 12.0. The molecule has 7 heteroatoms. The number of para-hydroxylation sites is 1. The minimum absolute atomic E-state index is 0. The molecule has 5 nitrogen and oxygen atoms in total. The molecule has 33 heavy (non-hydrogen) atoms. The number of hydrogen-bond donors (Lipinski definition) is 1. The van der Waals surface area contributed by atoms with E-state index in [2.05, 4.69) is 6.92 Å². The summed E-state index contributed by atoms with van der Waals surface area (Å²) in [6.45, 7) is 2.24. The normalized spacial score (nSPS) is 11.2. The van der Waals surface area contributed by atoms with Crippen LogP contribution in [0.1, 0.15) is 89.5 Å². The van der Waals surface area contributed by atoms with E-state index in [9.17, 15) is 18.1 Å². The third-order valence-electron chi connectivity index (χ3n) is 5.65. The number of rotatable bonds is 16. The van der Waals surface area contributed by atoms with Gasteiger partial charge in [-0.1, -0.05) is 102 Å². The first-order valence-corrected chi connectivity index (χ1v) is 13.4. The Labute approximate surface area is 242 Å². The molecule has 0 aliphatic carbocycles. The van der Waals surface area contributed by atoms with Gasteiger partial charge in [0.25, 0.3) is 10.1 Å². The van der Waals surface area contributed by atoms with Gasteiger partial charge < -0.3 is 9.84 Å². The summed E-state index contributed by atoms with van der Waals surface area (Å²) < 4.78 is 39.1. The van der Waals surface area contributed by atoms with Gasteiger partial charge in [-0.15, -0.1) is 5.75 Å². The van der Waals surface area contributed by atoms with Crippen LogP contribution in [0.25, 0.3) is 0 Å². The van der Waals surface area contributed by atoms with E-state index in [1.165, 1.54) is 63.9 Å². The molecule has 0 amide bonds. The molecule has 0 unspecified atom stereocenters. The Morgan fingerprint density at radius 2 is 1.33 bits per heavy atom. The summed E-state index contributed by atoms with van der Waals surface area (Å²) >= 11 is 0. The fourth-order valence-electron chi connectivity index (χ4n) is 3.89. The summed E-state index contributed by atoms with van der Waals surface area (Å²) in [5.41, 5.74) is 0.515. The van der Waals surface area contributed by atoms with Crippen LogP contribution in [0, 0.1) is 0 Å². The topological polar surface area (TPSA) is 86.7 Å². The standard InChI is InChI=1S/C26H38O5S.K/c1-2-3-4-5-6-7-8-9-10-11-12-14-17-22-20-23(27)21-25(32(28,29)30)26(22)31-24-18-15-13-16-19-24;/h13,15-16,18-21,27H,2-12,14,17H2,1H3,(H,28,29,30);/q;+1/p-1. The molecule has 0 aliphatic rings. The van der Waals surface area contributed by atoms with Crippen molar-refractivity contribution in [2.45, 2.75) is 95.3 Å². The van der Waals surface area contributed by atoms with E-state index in [0.29, 0.717) is 17.7 Å². The van der Waals surface area contributed by atoms with Crippen molar-refractivity contribution in [3.8, 4) is 17.2 Å². The quantitative estimate of drug-likeness (QED) is 0.213. The van der Waals surface area contributed by atoms with Gasteiger partial charge in [0.15, 0.2) is 5.75 Å². The second kappa shape index (κ2) is 17.1. The first kappa shape index (κ1) is 30.6. The van der Waals surface area contributed by atoms with E-state index >= 15 is 0 Å². The number of hydrogen-bond acceptors (Lipinski definition) is 4. The molecule has 0 aromatic heterocycles. The van der Waals surface area contributed by atoms with Gasteiger partial charge in [-0.05, 0) is 36.6 Å². The number of benzene rings is 2. The molecule has 2 rings (SSSR count). The van der Waals surface area contributed by atoms with Crippen LogP contribution >= 0.6 is 0 Å². The molecule has 0 fully saturated rings. The zero-order valence-corrected chi connectivity index (χ0v) is 24.2. The number of unbranched alkanes of at least 4 members (excludes halogenated alkanes) is 11. The van der Waals surface area contributed by atoms with Gasteiger partial charge in [0.1, 0.15) is 10.6 Å². The van der Waals surface area contributed by atoms with E-state index in [1.54, 1.807) is 24.3 Å². The Morgan fingerprint density at radius 3 is 1.85 bits per heavy atom. The molecule has 2 aromatic rings. The molecule has 0 atom stereocenters. The van der Waals surface area contributed by atoms with Crippen LogP contribution in [0.5, 0.6) is 17.2 Å². The zero-order chi connectivity index (χ0) is 23.2. The second-order valence-electron chi connectivity index (χ2n) is 8.44. The molecule has 0 radical (unpaired) electrons. The van der Waals surface area contributed by atoms with E-state index in [0.717, 1.165) is 25.3 Å². The van der Waals surface area contributed by atoms with E-state index in [-0.39, 0.29) is 57.1 Å². The third kappa shape index (κ3) is 12.2. The molecule has 0 bridgehead atoms. The predicted molar refractivity (Wildman–Crippen MR) is 127 cm³/mol. The predicted octanol–water partition coefficient (Wildman–Crippen LogP) is 4.05. The molecule has 0 spiro atoms. The van der Waals surface area contributed by atoms with Crippen LogP contribution < -0.4 is 61.2 Å². The molecule has 2 aromatic carbocycles. The maximum Gasteiger partial charge on any atom is 1.00 e. The smallest absolute Gasteiger partial charge is 0.872 e. The van der Waals surface area contributed by atoms with Crippen LogP contribution in [0.15, 0.2) is 47.4 Å². The third-order valence-corrected chi connectivity index (χ3v) is 6.51. The minimum atomic E-state index is -4.58. The first-order valence-electron chi connectivity index (χ1n) is 12.0. The maximum atomic E-state index is 12.0. The van der Waals surface area contributed by atoms with Crippen molar-refractivity contribution in [2.75, 3.05) is 0 Å². The zero-order valence-electron chi connectivity index (χ0n) is 20.2. The summed E-state index contributed by atoms with van der Waals surface area (Å²) in [4.78, 5) is -0.470. The van der Waals surface area contributed by atoms with Crippen molar-refractivity contribution in [3.05, 3.63) is 48.0 Å². The fourth-order valence-corrected chi connectivity index (χ4v) is 4.56. The molecule has 0 aliphatic heterocycles. The Balaban J connectivity index is 0.00000544. The fraction of sp³-hybridized carbons (Fsp3) is 0.538. The molecular weight excluding hydrogens is 463 g/mol. The molecule has 0 heterocycles. The Kier molecular flexibility index (Phi) is 15.9. The van der Waals surface area contributed by atoms with Crippen molar-refractivity contribution in [3.63, 3.8) is 0 Å². The van der Waals surface area contributed by atoms with Crippen molar-refractivity contribution in [2.24, 2.45) is 0 Å². The first-order chi connectivity index (χ1) is 15.4. The van der Waals surface area contributed by atoms with Gasteiger partial charge in [-0.2, -0.15) is 8.42 Å². The second-order valence-corrected chi connectivity index (χ2v) is 9.83. The minimum Gasteiger partial charge on any atom is -0.872 e. The SMILES string of the molecule is CCCCCCCCCCCCCCc1cc([O-])cc(S(=O)(=O)O)c1Oc1ccccc1.[K+]. The number of aryl methyl sites for hydroxylation is 1. The summed E-state index contributed by atoms with van der Waals surface area (Å²) in [6.07, 6.45) is 15.2.